The molecule has 3 rings (SSSR count). The zero-order valence-electron chi connectivity index (χ0n) is 13.8. The van der Waals surface area contributed by atoms with Gasteiger partial charge in [0.2, 0.25) is 15.2 Å². The van der Waals surface area contributed by atoms with Gasteiger partial charge >= 0.3 is 0 Å². The Hall–Kier alpha value is -2.21. The van der Waals surface area contributed by atoms with Gasteiger partial charge in [-0.1, -0.05) is 29.2 Å². The monoisotopic (exact) mass is 426 g/mol. The predicted octanol–water partition coefficient (Wildman–Crippen LogP) is 3.24. The number of halogens is 1. The van der Waals surface area contributed by atoms with E-state index >= 15 is 0 Å². The molecule has 1 aromatic heterocycles. The molecule has 0 spiro atoms. The fourth-order valence-electron chi connectivity index (χ4n) is 2.02. The maximum atomic E-state index is 13.2. The van der Waals surface area contributed by atoms with E-state index in [9.17, 15) is 12.8 Å². The molecule has 0 aliphatic carbocycles. The molecule has 0 aliphatic rings. The van der Waals surface area contributed by atoms with Gasteiger partial charge in [0.25, 0.3) is 0 Å². The number of nitrogens with one attached hydrogen (secondary N) is 1. The molecule has 0 aliphatic heterocycles. The Labute approximate surface area is 163 Å². The van der Waals surface area contributed by atoms with Crippen molar-refractivity contribution in [3.63, 3.8) is 0 Å². The van der Waals surface area contributed by atoms with Gasteiger partial charge in [-0.05, 0) is 42.5 Å². The first-order valence-electron chi connectivity index (χ1n) is 7.65. The molecular formula is C16H15FN4O3S3. The molecule has 0 amide bonds. The Kier molecular flexibility index (Phi) is 6.26. The SMILES string of the molecule is NS(=O)(=O)c1ccc(OCCSc2nnc(Nc3cccc(F)c3)s2)cc1. The molecule has 0 atom stereocenters. The minimum Gasteiger partial charge on any atom is -0.493 e. The normalized spacial score (nSPS) is 11.3. The van der Waals surface area contributed by atoms with Crippen LogP contribution in [-0.2, 0) is 10.0 Å². The third kappa shape index (κ3) is 5.89. The van der Waals surface area contributed by atoms with Gasteiger partial charge in [-0.3, -0.25) is 0 Å². The second kappa shape index (κ2) is 8.65. The van der Waals surface area contributed by atoms with Crippen molar-refractivity contribution >= 4 is 43.9 Å². The van der Waals surface area contributed by atoms with Crippen molar-refractivity contribution in [1.82, 2.24) is 10.2 Å². The quantitative estimate of drug-likeness (QED) is 0.421. The highest BCUT2D eigenvalue weighted by Crippen LogP contribution is 2.27. The number of nitrogens with zero attached hydrogens (tertiary/aromatic N) is 2. The van der Waals surface area contributed by atoms with E-state index in [-0.39, 0.29) is 10.7 Å². The number of hydrogen-bond acceptors (Lipinski definition) is 8. The number of hydrogen-bond donors (Lipinski definition) is 2. The topological polar surface area (TPSA) is 107 Å². The molecule has 27 heavy (non-hydrogen) atoms. The lowest BCUT2D eigenvalue weighted by Crippen LogP contribution is -2.11. The van der Waals surface area contributed by atoms with E-state index in [4.69, 9.17) is 9.88 Å². The Morgan fingerprint density at radius 2 is 1.96 bits per heavy atom. The lowest BCUT2D eigenvalue weighted by atomic mass is 10.3. The van der Waals surface area contributed by atoms with Crippen molar-refractivity contribution in [2.24, 2.45) is 5.14 Å². The van der Waals surface area contributed by atoms with Crippen LogP contribution in [0.2, 0.25) is 0 Å². The van der Waals surface area contributed by atoms with Crippen molar-refractivity contribution in [1.29, 1.82) is 0 Å². The van der Waals surface area contributed by atoms with Gasteiger partial charge in [-0.2, -0.15) is 0 Å². The minimum atomic E-state index is -3.70. The van der Waals surface area contributed by atoms with Gasteiger partial charge in [0.15, 0.2) is 4.34 Å². The van der Waals surface area contributed by atoms with Gasteiger partial charge in [-0.25, -0.2) is 17.9 Å². The Morgan fingerprint density at radius 1 is 1.19 bits per heavy atom. The van der Waals surface area contributed by atoms with Crippen molar-refractivity contribution in [3.8, 4) is 5.75 Å². The number of aromatic nitrogens is 2. The molecular weight excluding hydrogens is 411 g/mol. The van der Waals surface area contributed by atoms with Crippen LogP contribution in [0.15, 0.2) is 57.8 Å². The molecule has 0 saturated heterocycles. The Morgan fingerprint density at radius 3 is 2.67 bits per heavy atom. The first-order valence-corrected chi connectivity index (χ1v) is 11.0. The molecule has 0 fully saturated rings. The molecule has 1 heterocycles. The van der Waals surface area contributed by atoms with E-state index in [1.807, 2.05) is 0 Å². The Bertz CT molecular complexity index is 1010. The molecule has 2 aromatic carbocycles. The number of nitrogens with two attached hydrogens (primary N) is 1. The summed E-state index contributed by atoms with van der Waals surface area (Å²) < 4.78 is 41.9. The van der Waals surface area contributed by atoms with Gasteiger partial charge in [0.05, 0.1) is 11.5 Å². The van der Waals surface area contributed by atoms with Crippen molar-refractivity contribution < 1.29 is 17.5 Å². The van der Waals surface area contributed by atoms with Crippen LogP contribution in [0.4, 0.5) is 15.2 Å². The van der Waals surface area contributed by atoms with Crippen LogP contribution in [0.5, 0.6) is 5.75 Å². The third-order valence-corrected chi connectivity index (χ3v) is 6.08. The highest BCUT2D eigenvalue weighted by Gasteiger charge is 2.08. The molecule has 142 valence electrons. The highest BCUT2D eigenvalue weighted by molar-refractivity contribution is 8.01. The molecule has 0 saturated carbocycles. The van der Waals surface area contributed by atoms with Crippen molar-refractivity contribution in [2.45, 2.75) is 9.24 Å². The summed E-state index contributed by atoms with van der Waals surface area (Å²) in [5.41, 5.74) is 0.606. The number of anilines is 2. The smallest absolute Gasteiger partial charge is 0.238 e. The number of rotatable bonds is 8. The molecule has 0 radical (unpaired) electrons. The number of sulfonamides is 1. The van der Waals surface area contributed by atoms with E-state index in [2.05, 4.69) is 15.5 Å². The number of thioether (sulfide) groups is 1. The summed E-state index contributed by atoms with van der Waals surface area (Å²) in [5.74, 6) is 0.855. The van der Waals surface area contributed by atoms with E-state index in [1.165, 1.54) is 47.4 Å². The van der Waals surface area contributed by atoms with Crippen LogP contribution in [-0.4, -0.2) is 31.0 Å². The summed E-state index contributed by atoms with van der Waals surface area (Å²) in [4.78, 5) is 0.0383. The van der Waals surface area contributed by atoms with Gasteiger partial charge in [-0.15, -0.1) is 10.2 Å². The number of ether oxygens (including phenoxy) is 1. The zero-order chi connectivity index (χ0) is 19.3. The number of benzene rings is 2. The summed E-state index contributed by atoms with van der Waals surface area (Å²) >= 11 is 2.83. The average Bonchev–Trinajstić information content (AvgIpc) is 3.06. The summed E-state index contributed by atoms with van der Waals surface area (Å²) in [7, 11) is -3.70. The van der Waals surface area contributed by atoms with Crippen molar-refractivity contribution in [2.75, 3.05) is 17.7 Å². The van der Waals surface area contributed by atoms with Gasteiger partial charge in [0.1, 0.15) is 11.6 Å². The third-order valence-electron chi connectivity index (χ3n) is 3.21. The van der Waals surface area contributed by atoms with Crippen LogP contribution in [0.3, 0.4) is 0 Å². The summed E-state index contributed by atoms with van der Waals surface area (Å²) in [6, 6.07) is 12.0. The molecule has 0 bridgehead atoms. The van der Waals surface area contributed by atoms with Crippen LogP contribution in [0, 0.1) is 5.82 Å². The maximum absolute atomic E-state index is 13.2. The molecule has 3 N–H and O–H groups in total. The second-order valence-corrected chi connectivity index (χ2v) is 9.10. The van der Waals surface area contributed by atoms with Gasteiger partial charge < -0.3 is 10.1 Å². The van der Waals surface area contributed by atoms with E-state index in [1.54, 1.807) is 24.3 Å². The van der Waals surface area contributed by atoms with E-state index < -0.39 is 10.0 Å². The fraction of sp³-hybridized carbons (Fsp3) is 0.125. The zero-order valence-corrected chi connectivity index (χ0v) is 16.3. The van der Waals surface area contributed by atoms with Crippen molar-refractivity contribution in [3.05, 3.63) is 54.3 Å². The van der Waals surface area contributed by atoms with Crippen LogP contribution in [0.1, 0.15) is 0 Å². The standard InChI is InChI=1S/C16H15FN4O3S3/c17-11-2-1-3-12(10-11)19-15-20-21-16(26-15)25-9-8-24-13-4-6-14(7-5-13)27(18,22)23/h1-7,10H,8-9H2,(H,19,20)(H2,18,22,23). The highest BCUT2D eigenvalue weighted by atomic mass is 32.2. The second-order valence-electron chi connectivity index (χ2n) is 5.22. The maximum Gasteiger partial charge on any atom is 0.238 e. The fourth-order valence-corrected chi connectivity index (χ4v) is 4.20. The largest absolute Gasteiger partial charge is 0.493 e. The first kappa shape index (κ1) is 19.5. The lowest BCUT2D eigenvalue weighted by Gasteiger charge is -2.05. The Balaban J connectivity index is 1.45. The summed E-state index contributed by atoms with van der Waals surface area (Å²) in [6.45, 7) is 0.408. The minimum absolute atomic E-state index is 0.0383. The van der Waals surface area contributed by atoms with Crippen LogP contribution in [0.25, 0.3) is 0 Å². The lowest BCUT2D eigenvalue weighted by molar-refractivity contribution is 0.343. The first-order chi connectivity index (χ1) is 12.9. The van der Waals surface area contributed by atoms with Crippen LogP contribution >= 0.6 is 23.1 Å². The molecule has 11 heteroatoms. The molecule has 0 unspecified atom stereocenters. The van der Waals surface area contributed by atoms with E-state index in [0.29, 0.717) is 28.9 Å². The van der Waals surface area contributed by atoms with Crippen LogP contribution < -0.4 is 15.2 Å². The molecule has 7 nitrogen and oxygen atoms in total. The van der Waals surface area contributed by atoms with E-state index in [0.717, 1.165) is 4.34 Å². The predicted molar refractivity (Wildman–Crippen MR) is 104 cm³/mol. The number of primary sulfonamides is 1. The average molecular weight is 427 g/mol. The summed E-state index contributed by atoms with van der Waals surface area (Å²) in [5, 5.41) is 16.7. The molecule has 3 aromatic rings. The van der Waals surface area contributed by atoms with Gasteiger partial charge in [0, 0.05) is 11.4 Å². The summed E-state index contributed by atoms with van der Waals surface area (Å²) in [6.07, 6.45) is 0.